The molecule has 0 atom stereocenters. The Morgan fingerprint density at radius 1 is 1.39 bits per heavy atom. The van der Waals surface area contributed by atoms with Crippen molar-refractivity contribution in [1.82, 2.24) is 4.90 Å². The molecule has 18 heavy (non-hydrogen) atoms. The molecule has 1 aromatic carbocycles. The van der Waals surface area contributed by atoms with E-state index in [-0.39, 0.29) is 11.9 Å². The Kier molecular flexibility index (Phi) is 4.78. The van der Waals surface area contributed by atoms with Crippen LogP contribution in [0.5, 0.6) is 0 Å². The fraction of sp³-hybridized carbons (Fsp3) is 0.500. The zero-order valence-electron chi connectivity index (χ0n) is 10.6. The highest BCUT2D eigenvalue weighted by atomic mass is 79.9. The Hall–Kier alpha value is -0.870. The Bertz CT molecular complexity index is 414. The van der Waals surface area contributed by atoms with E-state index in [2.05, 4.69) is 39.0 Å². The van der Waals surface area contributed by atoms with Gasteiger partial charge in [0.15, 0.2) is 0 Å². The molecule has 1 saturated heterocycles. The molecule has 0 aromatic heterocycles. The molecule has 0 N–H and O–H groups in total. The first kappa shape index (κ1) is 13.6. The number of methoxy groups -OCH3 is 1. The normalized spacial score (nSPS) is 17.7. The maximum atomic E-state index is 11.4. The second-order valence-electron chi connectivity index (χ2n) is 4.66. The van der Waals surface area contributed by atoms with Gasteiger partial charge >= 0.3 is 5.97 Å². The van der Waals surface area contributed by atoms with Crippen molar-refractivity contribution in [2.75, 3.05) is 20.2 Å². The minimum absolute atomic E-state index is 0.0597. The molecular formula is C14H18BrNO2. The number of esters is 1. The van der Waals surface area contributed by atoms with Gasteiger partial charge in [-0.3, -0.25) is 9.69 Å². The molecule has 1 fully saturated rings. The van der Waals surface area contributed by atoms with E-state index in [4.69, 9.17) is 4.74 Å². The van der Waals surface area contributed by atoms with Gasteiger partial charge in [-0.1, -0.05) is 34.1 Å². The second-order valence-corrected chi connectivity index (χ2v) is 5.52. The first-order valence-electron chi connectivity index (χ1n) is 6.24. The summed E-state index contributed by atoms with van der Waals surface area (Å²) in [5, 5.41) is 0. The molecule has 2 rings (SSSR count). The molecule has 0 saturated carbocycles. The van der Waals surface area contributed by atoms with E-state index in [0.29, 0.717) is 0 Å². The standard InChI is InChI=1S/C14H18BrNO2/c1-18-14(17)11-6-8-16(9-7-11)10-12-4-2-3-5-13(12)15/h2-5,11H,6-10H2,1H3. The van der Waals surface area contributed by atoms with Gasteiger partial charge in [-0.05, 0) is 37.6 Å². The maximum Gasteiger partial charge on any atom is 0.308 e. The molecule has 0 aliphatic carbocycles. The smallest absolute Gasteiger partial charge is 0.308 e. The molecule has 98 valence electrons. The molecule has 1 aliphatic heterocycles. The number of hydrogen-bond acceptors (Lipinski definition) is 3. The molecule has 4 heteroatoms. The molecule has 0 radical (unpaired) electrons. The van der Waals surface area contributed by atoms with Crippen LogP contribution < -0.4 is 0 Å². The summed E-state index contributed by atoms with van der Waals surface area (Å²) in [5.41, 5.74) is 1.30. The van der Waals surface area contributed by atoms with Crippen LogP contribution >= 0.6 is 15.9 Å². The van der Waals surface area contributed by atoms with Crippen molar-refractivity contribution in [3.05, 3.63) is 34.3 Å². The lowest BCUT2D eigenvalue weighted by Crippen LogP contribution is -2.36. The van der Waals surface area contributed by atoms with Gasteiger partial charge in [-0.15, -0.1) is 0 Å². The summed E-state index contributed by atoms with van der Waals surface area (Å²) in [6.07, 6.45) is 1.80. The SMILES string of the molecule is COC(=O)C1CCN(Cc2ccccc2Br)CC1. The summed E-state index contributed by atoms with van der Waals surface area (Å²) < 4.78 is 5.95. The van der Waals surface area contributed by atoms with Gasteiger partial charge < -0.3 is 4.74 Å². The molecule has 0 unspecified atom stereocenters. The number of nitrogens with zero attached hydrogens (tertiary/aromatic N) is 1. The van der Waals surface area contributed by atoms with E-state index in [1.165, 1.54) is 12.7 Å². The van der Waals surface area contributed by atoms with Crippen LogP contribution in [0.4, 0.5) is 0 Å². The quantitative estimate of drug-likeness (QED) is 0.804. The van der Waals surface area contributed by atoms with Crippen LogP contribution in [0.2, 0.25) is 0 Å². The lowest BCUT2D eigenvalue weighted by atomic mass is 9.97. The lowest BCUT2D eigenvalue weighted by molar-refractivity contribution is -0.147. The highest BCUT2D eigenvalue weighted by Gasteiger charge is 2.25. The molecule has 0 spiro atoms. The number of ether oxygens (including phenoxy) is 1. The van der Waals surface area contributed by atoms with Crippen molar-refractivity contribution >= 4 is 21.9 Å². The molecule has 1 aliphatic rings. The zero-order valence-corrected chi connectivity index (χ0v) is 12.1. The molecule has 0 bridgehead atoms. The number of rotatable bonds is 3. The van der Waals surface area contributed by atoms with Crippen molar-refractivity contribution in [2.24, 2.45) is 5.92 Å². The van der Waals surface area contributed by atoms with Gasteiger partial charge in [-0.25, -0.2) is 0 Å². The third-order valence-corrected chi connectivity index (χ3v) is 4.25. The summed E-state index contributed by atoms with van der Waals surface area (Å²) in [6.45, 7) is 2.86. The van der Waals surface area contributed by atoms with E-state index < -0.39 is 0 Å². The van der Waals surface area contributed by atoms with E-state index in [1.807, 2.05) is 6.07 Å². The second kappa shape index (κ2) is 6.34. The van der Waals surface area contributed by atoms with Crippen LogP contribution in [-0.4, -0.2) is 31.1 Å². The summed E-state index contributed by atoms with van der Waals surface area (Å²) >= 11 is 3.57. The van der Waals surface area contributed by atoms with E-state index in [9.17, 15) is 4.79 Å². The first-order valence-corrected chi connectivity index (χ1v) is 7.03. The van der Waals surface area contributed by atoms with E-state index >= 15 is 0 Å². The average molecular weight is 312 g/mol. The van der Waals surface area contributed by atoms with E-state index in [1.54, 1.807) is 0 Å². The Labute approximate surface area is 116 Å². The number of halogens is 1. The van der Waals surface area contributed by atoms with Crippen LogP contribution in [-0.2, 0) is 16.1 Å². The summed E-state index contributed by atoms with van der Waals surface area (Å²) in [6, 6.07) is 8.28. The van der Waals surface area contributed by atoms with Crippen LogP contribution in [0, 0.1) is 5.92 Å². The van der Waals surface area contributed by atoms with Gasteiger partial charge in [0.25, 0.3) is 0 Å². The minimum Gasteiger partial charge on any atom is -0.469 e. The molecule has 3 nitrogen and oxygen atoms in total. The van der Waals surface area contributed by atoms with E-state index in [0.717, 1.165) is 36.9 Å². The van der Waals surface area contributed by atoms with Gasteiger partial charge in [0.1, 0.15) is 0 Å². The Morgan fingerprint density at radius 3 is 2.67 bits per heavy atom. The molecular weight excluding hydrogens is 294 g/mol. The number of benzene rings is 1. The number of carbonyl (C=O) groups excluding carboxylic acids is 1. The van der Waals surface area contributed by atoms with Crippen molar-refractivity contribution in [3.63, 3.8) is 0 Å². The maximum absolute atomic E-state index is 11.4. The van der Waals surface area contributed by atoms with Crippen molar-refractivity contribution in [2.45, 2.75) is 19.4 Å². The highest BCUT2D eigenvalue weighted by molar-refractivity contribution is 9.10. The predicted molar refractivity (Wildman–Crippen MR) is 74.2 cm³/mol. The van der Waals surface area contributed by atoms with Crippen LogP contribution in [0.1, 0.15) is 18.4 Å². The van der Waals surface area contributed by atoms with Gasteiger partial charge in [-0.2, -0.15) is 0 Å². The zero-order chi connectivity index (χ0) is 13.0. The number of hydrogen-bond donors (Lipinski definition) is 0. The Morgan fingerprint density at radius 2 is 2.06 bits per heavy atom. The van der Waals surface area contributed by atoms with Gasteiger partial charge in [0.2, 0.25) is 0 Å². The van der Waals surface area contributed by atoms with Gasteiger partial charge in [0.05, 0.1) is 13.0 Å². The topological polar surface area (TPSA) is 29.5 Å². The molecule has 1 heterocycles. The van der Waals surface area contributed by atoms with Crippen LogP contribution in [0.15, 0.2) is 28.7 Å². The van der Waals surface area contributed by atoms with Crippen molar-refractivity contribution in [3.8, 4) is 0 Å². The number of likely N-dealkylation sites (tertiary alicyclic amines) is 1. The van der Waals surface area contributed by atoms with Gasteiger partial charge in [0, 0.05) is 11.0 Å². The summed E-state index contributed by atoms with van der Waals surface area (Å²) in [5.74, 6) is 0.0287. The Balaban J connectivity index is 1.87. The largest absolute Gasteiger partial charge is 0.469 e. The minimum atomic E-state index is -0.0597. The van der Waals surface area contributed by atoms with Crippen LogP contribution in [0.3, 0.4) is 0 Å². The monoisotopic (exact) mass is 311 g/mol. The number of carbonyl (C=O) groups is 1. The number of piperidine rings is 1. The average Bonchev–Trinajstić information content (AvgIpc) is 2.41. The predicted octanol–water partition coefficient (Wildman–Crippen LogP) is 2.83. The summed E-state index contributed by atoms with van der Waals surface area (Å²) in [4.78, 5) is 13.8. The first-order chi connectivity index (χ1) is 8.70. The molecule has 0 amide bonds. The third kappa shape index (κ3) is 3.33. The highest BCUT2D eigenvalue weighted by Crippen LogP contribution is 2.23. The third-order valence-electron chi connectivity index (χ3n) is 3.47. The fourth-order valence-electron chi connectivity index (χ4n) is 2.36. The fourth-order valence-corrected chi connectivity index (χ4v) is 2.77. The lowest BCUT2D eigenvalue weighted by Gasteiger charge is -2.30. The van der Waals surface area contributed by atoms with Crippen molar-refractivity contribution in [1.29, 1.82) is 0 Å². The van der Waals surface area contributed by atoms with Crippen LogP contribution in [0.25, 0.3) is 0 Å². The summed E-state index contributed by atoms with van der Waals surface area (Å²) in [7, 11) is 1.47. The molecule has 1 aromatic rings. The van der Waals surface area contributed by atoms with Crippen molar-refractivity contribution < 1.29 is 9.53 Å².